The van der Waals surface area contributed by atoms with Crippen LogP contribution in [-0.2, 0) is 38.0 Å². The molecular weight excluding hydrogens is 759 g/mol. The van der Waals surface area contributed by atoms with Crippen LogP contribution in [0.4, 0.5) is 4.79 Å². The average molecular weight is 824 g/mol. The van der Waals surface area contributed by atoms with Gasteiger partial charge in [0.2, 0.25) is 0 Å². The summed E-state index contributed by atoms with van der Waals surface area (Å²) >= 11 is 0. The van der Waals surface area contributed by atoms with Gasteiger partial charge in [-0.2, -0.15) is 0 Å². The molecule has 1 amide bonds. The Kier molecular flexibility index (Phi) is 12.1. The summed E-state index contributed by atoms with van der Waals surface area (Å²) in [5.41, 5.74) is -4.41. The molecule has 59 heavy (non-hydrogen) atoms. The Morgan fingerprint density at radius 1 is 1.07 bits per heavy atom. The number of alkyl carbamates (subject to hydrolysis) is 1. The number of fused-ring (bicyclic) bond motifs is 3. The van der Waals surface area contributed by atoms with Gasteiger partial charge < -0.3 is 44.0 Å². The maximum atomic E-state index is 14.5. The van der Waals surface area contributed by atoms with Crippen molar-refractivity contribution in [3.63, 3.8) is 0 Å². The van der Waals surface area contributed by atoms with Crippen molar-refractivity contribution in [3.8, 4) is 0 Å². The van der Waals surface area contributed by atoms with Crippen molar-refractivity contribution in [2.24, 2.45) is 34.5 Å². The van der Waals surface area contributed by atoms with Crippen LogP contribution in [0.25, 0.3) is 0 Å². The molecule has 0 radical (unpaired) electrons. The number of hydrogen-bond donors (Lipinski definition) is 3. The Labute approximate surface area is 348 Å². The maximum Gasteiger partial charge on any atom is 0.407 e. The van der Waals surface area contributed by atoms with Crippen molar-refractivity contribution in [3.05, 3.63) is 59.7 Å². The van der Waals surface area contributed by atoms with Gasteiger partial charge in [0.1, 0.15) is 23.4 Å². The molecule has 326 valence electrons. The molecule has 3 N–H and O–H groups in total. The Morgan fingerprint density at radius 3 is 2.27 bits per heavy atom. The molecule has 3 saturated carbocycles. The second-order valence-electron chi connectivity index (χ2n) is 19.7. The number of carbonyl (C=O) groups excluding carboxylic acids is 4. The second kappa shape index (κ2) is 15.9. The Hall–Kier alpha value is -3.78. The molecule has 5 aliphatic rings. The number of aliphatic hydroxyl groups excluding tert-OH is 1. The van der Waals surface area contributed by atoms with Crippen LogP contribution >= 0.6 is 0 Å². The first-order valence-electron chi connectivity index (χ1n) is 21.1. The maximum absolute atomic E-state index is 14.5. The molecule has 4 aliphatic carbocycles. The standard InChI is InChI=1S/C46H65NO12/c1-13-33-55-32-22-29-19-20-46(29,58-27(6)48)36-38(57-39(50)28-17-15-14-16-18-28)45(43(10,11)53)23-31(25(4)34(45)26(5)37(56-33)44(32,36)12)54-40(51)35(49)30(21-24(2)3)47-41(52)59-42(7,8)9/h13-18,24,26,29-33,35-38,49,53H,1,19-23H2,2-12H3,(H,47,52)/t26-,29+,30-,31-,32-,33+,35+,36-,37?,38-,44+,45-,46-/m0/s1. The number of amides is 1. The first-order valence-corrected chi connectivity index (χ1v) is 21.1. The van der Waals surface area contributed by atoms with E-state index in [1.165, 1.54) is 6.92 Å². The number of ether oxygens (including phenoxy) is 6. The molecule has 13 nitrogen and oxygen atoms in total. The molecule has 0 spiro atoms. The molecule has 1 heterocycles. The van der Waals surface area contributed by atoms with Crippen molar-refractivity contribution in [2.45, 2.75) is 168 Å². The van der Waals surface area contributed by atoms with E-state index in [9.17, 15) is 29.4 Å². The molecule has 6 rings (SSSR count). The van der Waals surface area contributed by atoms with Crippen LogP contribution in [0.1, 0.15) is 119 Å². The highest BCUT2D eigenvalue weighted by atomic mass is 16.7. The fraction of sp³-hybridized carbons (Fsp3) is 0.696. The van der Waals surface area contributed by atoms with Crippen LogP contribution < -0.4 is 5.32 Å². The number of carbonyl (C=O) groups is 4. The summed E-state index contributed by atoms with van der Waals surface area (Å²) in [4.78, 5) is 54.7. The van der Waals surface area contributed by atoms with Crippen LogP contribution in [-0.4, -0.2) is 93.9 Å². The minimum absolute atomic E-state index is 0.0222. The number of aliphatic hydroxyl groups is 2. The van der Waals surface area contributed by atoms with Crippen molar-refractivity contribution in [1.29, 1.82) is 0 Å². The van der Waals surface area contributed by atoms with E-state index in [0.29, 0.717) is 29.6 Å². The molecule has 4 fully saturated rings. The molecule has 0 bridgehead atoms. The fourth-order valence-corrected chi connectivity index (χ4v) is 11.6. The SMILES string of the molecule is C=C[C@H]1OC2[C@@H](C)C3=C(C)[C@@H](OC(=O)[C@H](O)[C@H](CC(C)C)NC(=O)OC(C)(C)C)C[C@@]3(C(C)(C)O)[C@@H](OC(=O)c3ccccc3)[C@@H]3[C@]4(OC(C)=O)CC[C@@H]4C[C@H](O1)[C@@]23C. The predicted octanol–water partition coefficient (Wildman–Crippen LogP) is 6.59. The second-order valence-corrected chi connectivity index (χ2v) is 19.7. The van der Waals surface area contributed by atoms with Crippen molar-refractivity contribution < 1.29 is 57.8 Å². The van der Waals surface area contributed by atoms with E-state index in [-0.39, 0.29) is 24.7 Å². The minimum Gasteiger partial charge on any atom is -0.458 e. The van der Waals surface area contributed by atoms with Gasteiger partial charge in [-0.25, -0.2) is 14.4 Å². The zero-order valence-corrected chi connectivity index (χ0v) is 36.5. The summed E-state index contributed by atoms with van der Waals surface area (Å²) in [5.74, 6) is -3.53. The largest absolute Gasteiger partial charge is 0.458 e. The van der Waals surface area contributed by atoms with E-state index in [2.05, 4.69) is 18.8 Å². The number of hydrogen-bond acceptors (Lipinski definition) is 12. The van der Waals surface area contributed by atoms with Gasteiger partial charge >= 0.3 is 24.0 Å². The topological polar surface area (TPSA) is 176 Å². The monoisotopic (exact) mass is 823 g/mol. The molecule has 1 aromatic rings. The molecule has 1 aliphatic heterocycles. The molecule has 0 aromatic heterocycles. The zero-order valence-electron chi connectivity index (χ0n) is 36.5. The third kappa shape index (κ3) is 7.74. The third-order valence-electron chi connectivity index (χ3n) is 13.9. The van der Waals surface area contributed by atoms with E-state index in [1.54, 1.807) is 71.0 Å². The summed E-state index contributed by atoms with van der Waals surface area (Å²) in [6, 6.07) is 7.55. The van der Waals surface area contributed by atoms with E-state index in [4.69, 9.17) is 28.4 Å². The van der Waals surface area contributed by atoms with E-state index >= 15 is 0 Å². The van der Waals surface area contributed by atoms with Gasteiger partial charge in [-0.3, -0.25) is 4.79 Å². The van der Waals surface area contributed by atoms with E-state index < -0.39 is 106 Å². The fourth-order valence-electron chi connectivity index (χ4n) is 11.6. The van der Waals surface area contributed by atoms with Crippen molar-refractivity contribution in [1.82, 2.24) is 5.32 Å². The highest BCUT2D eigenvalue weighted by Crippen LogP contribution is 2.72. The van der Waals surface area contributed by atoms with Gasteiger partial charge in [-0.05, 0) is 102 Å². The first kappa shape index (κ1) is 44.8. The van der Waals surface area contributed by atoms with Crippen LogP contribution in [0.5, 0.6) is 0 Å². The van der Waals surface area contributed by atoms with Gasteiger partial charge in [0.15, 0.2) is 12.4 Å². The van der Waals surface area contributed by atoms with Gasteiger partial charge in [-0.1, -0.05) is 52.5 Å². The Bertz CT molecular complexity index is 1830. The Morgan fingerprint density at radius 2 is 1.73 bits per heavy atom. The number of rotatable bonds is 11. The van der Waals surface area contributed by atoms with Crippen LogP contribution in [0.2, 0.25) is 0 Å². The van der Waals surface area contributed by atoms with Gasteiger partial charge in [0.05, 0.1) is 34.8 Å². The summed E-state index contributed by atoms with van der Waals surface area (Å²) in [6.07, 6.45) is -2.98. The molecule has 13 heteroatoms. The summed E-state index contributed by atoms with van der Waals surface area (Å²) in [6.45, 7) is 23.6. The van der Waals surface area contributed by atoms with Gasteiger partial charge in [-0.15, -0.1) is 0 Å². The molecule has 13 atom stereocenters. The lowest BCUT2D eigenvalue weighted by Gasteiger charge is -2.68. The third-order valence-corrected chi connectivity index (χ3v) is 13.9. The summed E-state index contributed by atoms with van der Waals surface area (Å²) < 4.78 is 38.6. The highest BCUT2D eigenvalue weighted by Gasteiger charge is 2.79. The minimum atomic E-state index is -1.77. The predicted molar refractivity (Wildman–Crippen MR) is 217 cm³/mol. The average Bonchev–Trinajstić information content (AvgIpc) is 3.39. The lowest BCUT2D eigenvalue weighted by atomic mass is 9.43. The molecule has 1 saturated heterocycles. The lowest BCUT2D eigenvalue weighted by Crippen LogP contribution is -2.75. The zero-order chi connectivity index (χ0) is 43.6. The van der Waals surface area contributed by atoms with Gasteiger partial charge in [0.25, 0.3) is 0 Å². The first-order chi connectivity index (χ1) is 27.4. The van der Waals surface area contributed by atoms with Crippen LogP contribution in [0, 0.1) is 34.5 Å². The summed E-state index contributed by atoms with van der Waals surface area (Å²) in [5, 5.41) is 27.1. The van der Waals surface area contributed by atoms with E-state index in [1.807, 2.05) is 27.7 Å². The molecule has 1 unspecified atom stereocenters. The van der Waals surface area contributed by atoms with Crippen LogP contribution in [0.3, 0.4) is 0 Å². The molecular formula is C46H65NO12. The van der Waals surface area contributed by atoms with Gasteiger partial charge in [0, 0.05) is 36.5 Å². The molecule has 1 aromatic carbocycles. The lowest BCUT2D eigenvalue weighted by molar-refractivity contribution is -0.361. The highest BCUT2D eigenvalue weighted by molar-refractivity contribution is 5.89. The van der Waals surface area contributed by atoms with Crippen molar-refractivity contribution >= 4 is 24.0 Å². The number of nitrogens with one attached hydrogen (secondary N) is 1. The normalized spacial score (nSPS) is 36.0. The Balaban J connectivity index is 1.52. The number of benzene rings is 1. The van der Waals surface area contributed by atoms with Crippen LogP contribution in [0.15, 0.2) is 54.1 Å². The van der Waals surface area contributed by atoms with Crippen molar-refractivity contribution in [2.75, 3.05) is 0 Å². The summed E-state index contributed by atoms with van der Waals surface area (Å²) in [7, 11) is 0. The smallest absolute Gasteiger partial charge is 0.407 e. The quantitative estimate of drug-likeness (QED) is 0.124. The number of esters is 3. The van der Waals surface area contributed by atoms with E-state index in [0.717, 1.165) is 6.42 Å².